The zero-order valence-electron chi connectivity index (χ0n) is 12.6. The third-order valence-corrected chi connectivity index (χ3v) is 3.42. The number of nitrogens with one attached hydrogen (secondary N) is 1. The highest BCUT2D eigenvalue weighted by Gasteiger charge is 2.37. The van der Waals surface area contributed by atoms with Crippen molar-refractivity contribution in [1.82, 2.24) is 19.8 Å². The first-order valence-corrected chi connectivity index (χ1v) is 7.13. The van der Waals surface area contributed by atoms with Gasteiger partial charge in [0.25, 0.3) is 5.82 Å². The normalized spacial score (nSPS) is 13.2. The average molecular weight is 337 g/mol. The van der Waals surface area contributed by atoms with Crippen molar-refractivity contribution in [3.63, 3.8) is 0 Å². The molecule has 126 valence electrons. The summed E-state index contributed by atoms with van der Waals surface area (Å²) < 4.78 is 39.1. The molecule has 0 aliphatic rings. The molecule has 0 fully saturated rings. The predicted molar refractivity (Wildman–Crippen MR) is 80.4 cm³/mol. The van der Waals surface area contributed by atoms with E-state index < -0.39 is 18.1 Å². The molecule has 3 rings (SSSR count). The van der Waals surface area contributed by atoms with E-state index in [0.29, 0.717) is 10.1 Å². The summed E-state index contributed by atoms with van der Waals surface area (Å²) in [5.74, 6) is -1.01. The van der Waals surface area contributed by atoms with Crippen LogP contribution in [0.3, 0.4) is 0 Å². The summed E-state index contributed by atoms with van der Waals surface area (Å²) >= 11 is 0. The molecular formula is C15H14F3N5O. The lowest BCUT2D eigenvalue weighted by Crippen LogP contribution is -2.16. The maximum Gasteiger partial charge on any atom is 0.453 e. The quantitative estimate of drug-likeness (QED) is 0.765. The van der Waals surface area contributed by atoms with E-state index in [4.69, 9.17) is 0 Å². The molecule has 0 saturated carbocycles. The minimum atomic E-state index is -4.65. The Morgan fingerprint density at radius 1 is 1.21 bits per heavy atom. The van der Waals surface area contributed by atoms with Crippen LogP contribution in [0.25, 0.3) is 5.65 Å². The number of aliphatic hydroxyl groups is 1. The zero-order valence-corrected chi connectivity index (χ0v) is 12.6. The topological polar surface area (TPSA) is 75.3 Å². The van der Waals surface area contributed by atoms with Gasteiger partial charge in [-0.1, -0.05) is 29.8 Å². The van der Waals surface area contributed by atoms with E-state index in [1.807, 2.05) is 25.1 Å². The van der Waals surface area contributed by atoms with Gasteiger partial charge in [-0.3, -0.25) is 0 Å². The molecule has 0 radical (unpaired) electrons. The summed E-state index contributed by atoms with van der Waals surface area (Å²) in [6.07, 6.45) is -5.46. The fourth-order valence-corrected chi connectivity index (χ4v) is 2.26. The van der Waals surface area contributed by atoms with Crippen molar-refractivity contribution in [2.45, 2.75) is 19.2 Å². The first kappa shape index (κ1) is 16.2. The highest BCUT2D eigenvalue weighted by atomic mass is 19.4. The van der Waals surface area contributed by atoms with Gasteiger partial charge in [0.1, 0.15) is 5.82 Å². The van der Waals surface area contributed by atoms with Gasteiger partial charge in [0, 0.05) is 6.54 Å². The summed E-state index contributed by atoms with van der Waals surface area (Å²) in [5, 5.41) is 23.4. The van der Waals surface area contributed by atoms with E-state index in [2.05, 4.69) is 20.6 Å². The number of halogens is 3. The van der Waals surface area contributed by atoms with Crippen molar-refractivity contribution < 1.29 is 18.3 Å². The van der Waals surface area contributed by atoms with Gasteiger partial charge in [0.05, 0.1) is 6.10 Å². The molecule has 0 saturated heterocycles. The van der Waals surface area contributed by atoms with E-state index >= 15 is 0 Å². The SMILES string of the molecule is Cc1cccc(C(O)CNc2ccc3nnc(C(F)(F)F)n3n2)c1. The molecule has 2 heterocycles. The molecule has 1 unspecified atom stereocenters. The molecule has 24 heavy (non-hydrogen) atoms. The minimum absolute atomic E-state index is 0.00731. The minimum Gasteiger partial charge on any atom is -0.387 e. The Kier molecular flexibility index (Phi) is 4.10. The maximum atomic E-state index is 12.8. The van der Waals surface area contributed by atoms with Crippen LogP contribution in [0.2, 0.25) is 0 Å². The molecule has 0 aliphatic heterocycles. The number of nitrogens with zero attached hydrogens (tertiary/aromatic N) is 4. The average Bonchev–Trinajstić information content (AvgIpc) is 2.96. The van der Waals surface area contributed by atoms with E-state index in [1.165, 1.54) is 12.1 Å². The van der Waals surface area contributed by atoms with Crippen LogP contribution < -0.4 is 5.32 Å². The smallest absolute Gasteiger partial charge is 0.387 e. The molecule has 0 spiro atoms. The van der Waals surface area contributed by atoms with Crippen molar-refractivity contribution in [3.05, 3.63) is 53.3 Å². The van der Waals surface area contributed by atoms with Gasteiger partial charge in [0.15, 0.2) is 5.65 Å². The number of rotatable bonds is 4. The number of aryl methyl sites for hydroxylation is 1. The van der Waals surface area contributed by atoms with Gasteiger partial charge in [-0.05, 0) is 24.6 Å². The molecule has 3 aromatic rings. The number of hydrogen-bond donors (Lipinski definition) is 2. The summed E-state index contributed by atoms with van der Waals surface area (Å²) in [6.45, 7) is 2.01. The zero-order chi connectivity index (χ0) is 17.3. The maximum absolute atomic E-state index is 12.8. The molecule has 1 atom stereocenters. The van der Waals surface area contributed by atoms with Crippen molar-refractivity contribution in [2.24, 2.45) is 0 Å². The van der Waals surface area contributed by atoms with Crippen LogP contribution in [0.4, 0.5) is 19.0 Å². The molecule has 6 nitrogen and oxygen atoms in total. The molecule has 0 amide bonds. The second-order valence-corrected chi connectivity index (χ2v) is 5.32. The molecule has 2 N–H and O–H groups in total. The number of anilines is 1. The van der Waals surface area contributed by atoms with Crippen molar-refractivity contribution in [3.8, 4) is 0 Å². The number of hydrogen-bond acceptors (Lipinski definition) is 5. The number of benzene rings is 1. The lowest BCUT2D eigenvalue weighted by Gasteiger charge is -2.13. The molecule has 2 aromatic heterocycles. The standard InChI is InChI=1S/C15H14F3N5O/c1-9-3-2-4-10(7-9)11(24)8-19-12-5-6-13-20-21-14(15(16,17)18)23(13)22-12/h2-7,11,24H,8H2,1H3,(H,19,22). The Labute approximate surface area is 135 Å². The van der Waals surface area contributed by atoms with Gasteiger partial charge in [0.2, 0.25) is 0 Å². The van der Waals surface area contributed by atoms with Gasteiger partial charge in [-0.15, -0.1) is 15.3 Å². The highest BCUT2D eigenvalue weighted by molar-refractivity contribution is 5.44. The number of fused-ring (bicyclic) bond motifs is 1. The molecule has 0 bridgehead atoms. The van der Waals surface area contributed by atoms with Crippen LogP contribution in [0, 0.1) is 6.92 Å². The molecular weight excluding hydrogens is 323 g/mol. The van der Waals surface area contributed by atoms with Gasteiger partial charge >= 0.3 is 6.18 Å². The molecule has 0 aliphatic carbocycles. The van der Waals surface area contributed by atoms with Crippen LogP contribution >= 0.6 is 0 Å². The Morgan fingerprint density at radius 2 is 2.00 bits per heavy atom. The van der Waals surface area contributed by atoms with Crippen molar-refractivity contribution >= 4 is 11.5 Å². The van der Waals surface area contributed by atoms with Crippen LogP contribution in [0.5, 0.6) is 0 Å². The van der Waals surface area contributed by atoms with E-state index in [9.17, 15) is 18.3 Å². The third-order valence-electron chi connectivity index (χ3n) is 3.42. The molecule has 1 aromatic carbocycles. The monoisotopic (exact) mass is 337 g/mol. The van der Waals surface area contributed by atoms with Crippen molar-refractivity contribution in [1.29, 1.82) is 0 Å². The Bertz CT molecular complexity index is 862. The number of alkyl halides is 3. The van der Waals surface area contributed by atoms with Crippen LogP contribution in [0.1, 0.15) is 23.1 Å². The molecule has 9 heteroatoms. The Morgan fingerprint density at radius 3 is 2.71 bits per heavy atom. The first-order chi connectivity index (χ1) is 11.3. The van der Waals surface area contributed by atoms with E-state index in [0.717, 1.165) is 5.56 Å². The lowest BCUT2D eigenvalue weighted by atomic mass is 10.1. The van der Waals surface area contributed by atoms with E-state index in [-0.39, 0.29) is 18.0 Å². The summed E-state index contributed by atoms with van der Waals surface area (Å²) in [6, 6.07) is 10.2. The van der Waals surface area contributed by atoms with Crippen LogP contribution in [0.15, 0.2) is 36.4 Å². The number of aromatic nitrogens is 4. The van der Waals surface area contributed by atoms with E-state index in [1.54, 1.807) is 6.07 Å². The predicted octanol–water partition coefficient (Wildman–Crippen LogP) is 2.60. The highest BCUT2D eigenvalue weighted by Crippen LogP contribution is 2.27. The van der Waals surface area contributed by atoms with Crippen LogP contribution in [-0.4, -0.2) is 31.5 Å². The second-order valence-electron chi connectivity index (χ2n) is 5.32. The third kappa shape index (κ3) is 3.30. The van der Waals surface area contributed by atoms with Crippen LogP contribution in [-0.2, 0) is 6.18 Å². The van der Waals surface area contributed by atoms with Gasteiger partial charge in [-0.2, -0.15) is 17.7 Å². The number of aliphatic hydroxyl groups excluding tert-OH is 1. The van der Waals surface area contributed by atoms with Gasteiger partial charge in [-0.25, -0.2) is 0 Å². The fourth-order valence-electron chi connectivity index (χ4n) is 2.26. The first-order valence-electron chi connectivity index (χ1n) is 7.13. The Hall–Kier alpha value is -2.68. The Balaban J connectivity index is 1.78. The second kappa shape index (κ2) is 6.08. The lowest BCUT2D eigenvalue weighted by molar-refractivity contribution is -0.146. The fraction of sp³-hybridized carbons (Fsp3) is 0.267. The summed E-state index contributed by atoms with van der Waals surface area (Å²) in [4.78, 5) is 0. The largest absolute Gasteiger partial charge is 0.453 e. The summed E-state index contributed by atoms with van der Waals surface area (Å²) in [7, 11) is 0. The van der Waals surface area contributed by atoms with Crippen molar-refractivity contribution in [2.75, 3.05) is 11.9 Å². The summed E-state index contributed by atoms with van der Waals surface area (Å²) in [5.41, 5.74) is 1.71. The van der Waals surface area contributed by atoms with Gasteiger partial charge < -0.3 is 10.4 Å².